The Labute approximate surface area is 175 Å². The SMILES string of the molecule is C=P(N[C@@H](C)C(=O)OC1CCC1)(Oc1ccccc1)Oc1c(F)c(F)c(F)c(F)c1F. The van der Waals surface area contributed by atoms with Gasteiger partial charge >= 0.3 is 5.97 Å². The lowest BCUT2D eigenvalue weighted by Gasteiger charge is -2.31. The second-order valence-corrected chi connectivity index (χ2v) is 8.88. The van der Waals surface area contributed by atoms with Gasteiger partial charge in [0.1, 0.15) is 17.9 Å². The molecule has 3 rings (SSSR count). The van der Waals surface area contributed by atoms with Crippen molar-refractivity contribution in [1.82, 2.24) is 5.09 Å². The fraction of sp³-hybridized carbons (Fsp3) is 0.300. The summed E-state index contributed by atoms with van der Waals surface area (Å²) in [4.78, 5) is 12.3. The molecule has 11 heteroatoms. The van der Waals surface area contributed by atoms with E-state index in [1.807, 2.05) is 0 Å². The highest BCUT2D eigenvalue weighted by molar-refractivity contribution is 7.63. The van der Waals surface area contributed by atoms with Gasteiger partial charge in [0, 0.05) is 0 Å². The number of carbonyl (C=O) groups is 1. The lowest BCUT2D eigenvalue weighted by molar-refractivity contribution is -0.154. The fourth-order valence-corrected chi connectivity index (χ4v) is 4.39. The molecule has 0 aliphatic heterocycles. The normalized spacial score (nSPS) is 16.7. The Morgan fingerprint density at radius 2 is 1.55 bits per heavy atom. The minimum absolute atomic E-state index is 0.127. The smallest absolute Gasteiger partial charge is 0.323 e. The Balaban J connectivity index is 1.91. The number of hydrogen-bond acceptors (Lipinski definition) is 5. The van der Waals surface area contributed by atoms with Crippen LogP contribution in [0.3, 0.4) is 0 Å². The molecule has 1 unspecified atom stereocenters. The minimum Gasteiger partial charge on any atom is -0.461 e. The summed E-state index contributed by atoms with van der Waals surface area (Å²) in [7, 11) is -3.90. The van der Waals surface area contributed by atoms with Gasteiger partial charge in [-0.15, -0.1) is 0 Å². The third kappa shape index (κ3) is 5.19. The van der Waals surface area contributed by atoms with Crippen molar-refractivity contribution in [2.75, 3.05) is 0 Å². The van der Waals surface area contributed by atoms with Crippen molar-refractivity contribution >= 4 is 19.8 Å². The van der Waals surface area contributed by atoms with E-state index in [-0.39, 0.29) is 11.9 Å². The lowest BCUT2D eigenvalue weighted by Crippen LogP contribution is -2.39. The van der Waals surface area contributed by atoms with E-state index in [4.69, 9.17) is 13.8 Å². The summed E-state index contributed by atoms with van der Waals surface area (Å²) in [5, 5.41) is 2.56. The molecule has 5 nitrogen and oxygen atoms in total. The Kier molecular flexibility index (Phi) is 6.91. The first-order chi connectivity index (χ1) is 14.6. The van der Waals surface area contributed by atoms with Gasteiger partial charge in [-0.1, -0.05) is 18.2 Å². The van der Waals surface area contributed by atoms with E-state index in [0.717, 1.165) is 6.42 Å². The second-order valence-electron chi connectivity index (χ2n) is 6.91. The van der Waals surface area contributed by atoms with Crippen LogP contribution >= 0.6 is 7.49 Å². The number of carbonyl (C=O) groups excluding carboxylic acids is 1. The van der Waals surface area contributed by atoms with Crippen molar-refractivity contribution in [1.29, 1.82) is 0 Å². The summed E-state index contributed by atoms with van der Waals surface area (Å²) in [6, 6.07) is 6.62. The van der Waals surface area contributed by atoms with Crippen molar-refractivity contribution in [3.05, 3.63) is 59.4 Å². The summed E-state index contributed by atoms with van der Waals surface area (Å²) in [6.45, 7) is 1.37. The van der Waals surface area contributed by atoms with E-state index < -0.39 is 54.3 Å². The van der Waals surface area contributed by atoms with Crippen LogP contribution in [0.1, 0.15) is 26.2 Å². The van der Waals surface area contributed by atoms with Gasteiger partial charge in [0.05, 0.1) is 0 Å². The molecule has 0 saturated heterocycles. The maximum absolute atomic E-state index is 14.2. The molecule has 1 aliphatic rings. The van der Waals surface area contributed by atoms with Crippen LogP contribution in [0, 0.1) is 29.1 Å². The number of rotatable bonds is 8. The third-order valence-corrected chi connectivity index (χ3v) is 6.25. The molecule has 0 heterocycles. The van der Waals surface area contributed by atoms with Crippen LogP contribution in [0.5, 0.6) is 11.5 Å². The number of benzene rings is 2. The summed E-state index contributed by atoms with van der Waals surface area (Å²) in [5.74, 6) is -13.2. The van der Waals surface area contributed by atoms with Crippen LogP contribution in [0.2, 0.25) is 0 Å². The van der Waals surface area contributed by atoms with E-state index in [1.165, 1.54) is 19.1 Å². The number of hydrogen-bond donors (Lipinski definition) is 1. The molecule has 0 bridgehead atoms. The Bertz CT molecular complexity index is 987. The minimum atomic E-state index is -3.90. The largest absolute Gasteiger partial charge is 0.461 e. The summed E-state index contributed by atoms with van der Waals surface area (Å²) >= 11 is 0. The zero-order valence-electron chi connectivity index (χ0n) is 16.3. The first-order valence-corrected chi connectivity index (χ1v) is 11.1. The highest BCUT2D eigenvalue weighted by Gasteiger charge is 2.34. The van der Waals surface area contributed by atoms with Crippen LogP contribution in [0.4, 0.5) is 22.0 Å². The van der Waals surface area contributed by atoms with Crippen LogP contribution in [0.15, 0.2) is 30.3 Å². The molecular weight excluding hydrogens is 444 g/mol. The number of esters is 1. The molecule has 0 radical (unpaired) electrons. The van der Waals surface area contributed by atoms with Gasteiger partial charge in [-0.3, -0.25) is 4.79 Å². The molecule has 2 aromatic carbocycles. The summed E-state index contributed by atoms with van der Waals surface area (Å²) in [6.07, 6.45) is 5.75. The zero-order valence-corrected chi connectivity index (χ0v) is 17.2. The van der Waals surface area contributed by atoms with Crippen molar-refractivity contribution in [2.24, 2.45) is 0 Å². The molecule has 0 spiro atoms. The van der Waals surface area contributed by atoms with Crippen LogP contribution in [-0.4, -0.2) is 24.4 Å². The third-order valence-electron chi connectivity index (χ3n) is 4.48. The van der Waals surface area contributed by atoms with Crippen LogP contribution in [0.25, 0.3) is 0 Å². The first-order valence-electron chi connectivity index (χ1n) is 9.28. The standard InChI is InChI=1S/C20H19F5NO4P/c1-11(20(27)28-12-9-6-10-12)26-31(2,29-13-7-4-3-5-8-13)30-19-17(24)15(22)14(21)16(23)18(19)25/h3-5,7-8,11-12,26H,2,6,9-10H2,1H3/t11-,31?/m0/s1. The number of para-hydroxylation sites is 1. The van der Waals surface area contributed by atoms with Crippen LogP contribution in [-0.2, 0) is 9.53 Å². The van der Waals surface area contributed by atoms with Gasteiger partial charge in [-0.25, -0.2) is 18.3 Å². The van der Waals surface area contributed by atoms with Crippen molar-refractivity contribution in [3.8, 4) is 11.5 Å². The first kappa shape index (κ1) is 23.1. The molecule has 168 valence electrons. The quantitative estimate of drug-likeness (QED) is 0.194. The molecule has 31 heavy (non-hydrogen) atoms. The highest BCUT2D eigenvalue weighted by atomic mass is 31.2. The number of nitrogens with one attached hydrogen (secondary N) is 1. The molecule has 1 N–H and O–H groups in total. The predicted molar refractivity (Wildman–Crippen MR) is 104 cm³/mol. The summed E-state index contributed by atoms with van der Waals surface area (Å²) in [5.41, 5.74) is 0. The Morgan fingerprint density at radius 3 is 2.06 bits per heavy atom. The van der Waals surface area contributed by atoms with E-state index in [1.54, 1.807) is 18.2 Å². The number of ether oxygens (including phenoxy) is 1. The van der Waals surface area contributed by atoms with Crippen molar-refractivity contribution < 1.29 is 40.5 Å². The molecule has 1 saturated carbocycles. The van der Waals surface area contributed by atoms with Gasteiger partial charge in [-0.2, -0.15) is 8.78 Å². The maximum atomic E-state index is 14.2. The summed E-state index contributed by atoms with van der Waals surface area (Å²) < 4.78 is 84.8. The predicted octanol–water partition coefficient (Wildman–Crippen LogP) is 5.11. The van der Waals surface area contributed by atoms with Crippen molar-refractivity contribution in [2.45, 2.75) is 38.3 Å². The van der Waals surface area contributed by atoms with E-state index in [9.17, 15) is 26.7 Å². The van der Waals surface area contributed by atoms with E-state index >= 15 is 0 Å². The molecular formula is C20H19F5NO4P. The molecule has 0 aromatic heterocycles. The maximum Gasteiger partial charge on any atom is 0.323 e. The molecule has 2 atom stereocenters. The molecule has 1 aliphatic carbocycles. The van der Waals surface area contributed by atoms with Crippen molar-refractivity contribution in [3.63, 3.8) is 0 Å². The average Bonchev–Trinajstić information content (AvgIpc) is 2.71. The van der Waals surface area contributed by atoms with Crippen LogP contribution < -0.4 is 14.1 Å². The lowest BCUT2D eigenvalue weighted by atomic mass is 9.96. The van der Waals surface area contributed by atoms with Gasteiger partial charge in [-0.05, 0) is 44.6 Å². The monoisotopic (exact) mass is 463 g/mol. The zero-order chi connectivity index (χ0) is 22.8. The molecule has 1 fully saturated rings. The molecule has 2 aromatic rings. The van der Waals surface area contributed by atoms with Gasteiger partial charge in [0.2, 0.25) is 34.8 Å². The Hall–Kier alpha value is -2.58. The topological polar surface area (TPSA) is 56.8 Å². The van der Waals surface area contributed by atoms with E-state index in [2.05, 4.69) is 11.4 Å². The van der Waals surface area contributed by atoms with E-state index in [0.29, 0.717) is 12.8 Å². The Morgan fingerprint density at radius 1 is 1.00 bits per heavy atom. The van der Waals surface area contributed by atoms with Gasteiger partial charge < -0.3 is 13.8 Å². The second kappa shape index (κ2) is 9.28. The fourth-order valence-electron chi connectivity index (χ4n) is 2.64. The molecule has 0 amide bonds. The highest BCUT2D eigenvalue weighted by Crippen LogP contribution is 2.47. The average molecular weight is 463 g/mol. The van der Waals surface area contributed by atoms with Gasteiger partial charge in [0.25, 0.3) is 7.49 Å². The number of halogens is 5. The van der Waals surface area contributed by atoms with Gasteiger partial charge in [0.15, 0.2) is 0 Å².